The van der Waals surface area contributed by atoms with Crippen molar-refractivity contribution in [3.63, 3.8) is 0 Å². The number of anilines is 1. The summed E-state index contributed by atoms with van der Waals surface area (Å²) in [7, 11) is 0. The highest BCUT2D eigenvalue weighted by atomic mass is 32.2. The first kappa shape index (κ1) is 22.5. The maximum Gasteiger partial charge on any atom is 0.471 e. The number of rotatable bonds is 6. The van der Waals surface area contributed by atoms with Gasteiger partial charge in [-0.15, -0.1) is 11.3 Å². The van der Waals surface area contributed by atoms with Crippen LogP contribution in [0, 0.1) is 5.82 Å². The first-order chi connectivity index (χ1) is 11.7. The molecule has 0 heterocycles. The largest absolute Gasteiger partial charge is 0.598 e. The number of hydrogen-bond donors (Lipinski definition) is 2. The lowest BCUT2D eigenvalue weighted by atomic mass is 9.89. The normalized spacial score (nSPS) is 15.9. The summed E-state index contributed by atoms with van der Waals surface area (Å²) in [5.41, 5.74) is -1.46. The lowest BCUT2D eigenvalue weighted by molar-refractivity contribution is -0.167. The molecule has 0 aliphatic heterocycles. The van der Waals surface area contributed by atoms with Crippen molar-refractivity contribution in [2.24, 2.45) is 0 Å². The van der Waals surface area contributed by atoms with Gasteiger partial charge in [0, 0.05) is 22.6 Å². The van der Waals surface area contributed by atoms with E-state index in [1.807, 2.05) is 0 Å². The molecule has 0 aliphatic rings. The van der Waals surface area contributed by atoms with Gasteiger partial charge in [0.15, 0.2) is 0 Å². The molecule has 1 amide bonds. The van der Waals surface area contributed by atoms with Crippen molar-refractivity contribution in [1.29, 1.82) is 0 Å². The number of benzene rings is 1. The third kappa shape index (κ3) is 5.72. The molecule has 9 heteroatoms. The van der Waals surface area contributed by atoms with E-state index in [0.717, 1.165) is 18.2 Å². The van der Waals surface area contributed by atoms with E-state index >= 15 is 0 Å². The van der Waals surface area contributed by atoms with E-state index in [4.69, 9.17) is 0 Å². The van der Waals surface area contributed by atoms with Crippen molar-refractivity contribution in [3.05, 3.63) is 42.2 Å². The van der Waals surface area contributed by atoms with Crippen molar-refractivity contribution in [2.45, 2.75) is 50.6 Å². The van der Waals surface area contributed by atoms with Gasteiger partial charge in [0.25, 0.3) is 0 Å². The summed E-state index contributed by atoms with van der Waals surface area (Å²) in [6.45, 7) is 10.3. The van der Waals surface area contributed by atoms with Gasteiger partial charge in [-0.25, -0.2) is 4.39 Å². The molecule has 1 aromatic rings. The lowest BCUT2D eigenvalue weighted by Crippen LogP contribution is -2.50. The highest BCUT2D eigenvalue weighted by Gasteiger charge is 2.40. The Bertz CT molecular complexity index is 674. The molecule has 26 heavy (non-hydrogen) atoms. The molecule has 2 N–H and O–H groups in total. The van der Waals surface area contributed by atoms with Gasteiger partial charge >= 0.3 is 12.1 Å². The Labute approximate surface area is 153 Å². The fourth-order valence-corrected chi connectivity index (χ4v) is 2.99. The second-order valence-electron chi connectivity index (χ2n) is 6.95. The Hall–Kier alpha value is -1.58. The van der Waals surface area contributed by atoms with Crippen molar-refractivity contribution < 1.29 is 26.9 Å². The summed E-state index contributed by atoms with van der Waals surface area (Å²) in [5, 5.41) is 1.69. The number of amides is 1. The Morgan fingerprint density at radius 3 is 2.31 bits per heavy atom. The molecule has 0 radical (unpaired) electrons. The standard InChI is InChI=1S/C17H22F4N2O2S/c1-6-9-16(5,23-26(25)15(2,3)4)12-10-11(7-8-13(12)18)22-14(24)17(19,20)21/h6-8,10,23H,1,9H2,2-5H3,(H,22,24)/t16-,26?/m0/s1. The van der Waals surface area contributed by atoms with E-state index in [2.05, 4.69) is 11.3 Å². The quantitative estimate of drug-likeness (QED) is 0.432. The van der Waals surface area contributed by atoms with Crippen LogP contribution in [0.4, 0.5) is 23.2 Å². The minimum atomic E-state index is -5.06. The zero-order valence-corrected chi connectivity index (χ0v) is 15.8. The highest BCUT2D eigenvalue weighted by molar-refractivity contribution is 7.90. The monoisotopic (exact) mass is 394 g/mol. The fourth-order valence-electron chi connectivity index (χ4n) is 2.08. The predicted octanol–water partition coefficient (Wildman–Crippen LogP) is 4.17. The SMILES string of the molecule is C=CC[C@](C)(N[S+]([O-])C(C)(C)C)c1cc(NC(=O)C(F)(F)F)ccc1F. The minimum Gasteiger partial charge on any atom is -0.598 e. The highest BCUT2D eigenvalue weighted by Crippen LogP contribution is 2.32. The zero-order valence-electron chi connectivity index (χ0n) is 15.0. The Balaban J connectivity index is 3.28. The number of nitrogens with one attached hydrogen (secondary N) is 2. The van der Waals surface area contributed by atoms with E-state index in [-0.39, 0.29) is 17.7 Å². The fraction of sp³-hybridized carbons (Fsp3) is 0.471. The molecule has 4 nitrogen and oxygen atoms in total. The number of hydrogen-bond acceptors (Lipinski definition) is 3. The van der Waals surface area contributed by atoms with Crippen molar-refractivity contribution >= 4 is 23.0 Å². The molecule has 0 saturated heterocycles. The first-order valence-electron chi connectivity index (χ1n) is 7.69. The molecule has 0 bridgehead atoms. The average molecular weight is 394 g/mol. The molecule has 1 aromatic carbocycles. The molecule has 1 unspecified atom stereocenters. The average Bonchev–Trinajstić information content (AvgIpc) is 2.47. The van der Waals surface area contributed by atoms with Gasteiger partial charge in [0.2, 0.25) is 0 Å². The summed E-state index contributed by atoms with van der Waals surface area (Å²) < 4.78 is 66.3. The molecule has 0 fully saturated rings. The second-order valence-corrected chi connectivity index (χ2v) is 8.92. The first-order valence-corrected chi connectivity index (χ1v) is 8.84. The zero-order chi connectivity index (χ0) is 20.3. The molecule has 0 aromatic heterocycles. The van der Waals surface area contributed by atoms with Gasteiger partial charge in [0.1, 0.15) is 10.6 Å². The lowest BCUT2D eigenvalue weighted by Gasteiger charge is -2.35. The smallest absolute Gasteiger partial charge is 0.471 e. The van der Waals surface area contributed by atoms with Crippen LogP contribution in [0.25, 0.3) is 0 Å². The Morgan fingerprint density at radius 1 is 1.27 bits per heavy atom. The van der Waals surface area contributed by atoms with Crippen LogP contribution in [-0.2, 0) is 21.7 Å². The Kier molecular flexibility index (Phi) is 6.89. The topological polar surface area (TPSA) is 64.2 Å². The summed E-state index contributed by atoms with van der Waals surface area (Å²) in [6, 6.07) is 3.07. The van der Waals surface area contributed by atoms with E-state index in [1.165, 1.54) is 6.08 Å². The van der Waals surface area contributed by atoms with E-state index < -0.39 is 39.5 Å². The number of alkyl halides is 3. The summed E-state index contributed by atoms with van der Waals surface area (Å²) in [4.78, 5) is 11.1. The molecule has 0 spiro atoms. The number of carbonyl (C=O) groups excluding carboxylic acids is 1. The summed E-state index contributed by atoms with van der Waals surface area (Å²) in [5.74, 6) is -2.87. The molecule has 0 saturated carbocycles. The van der Waals surface area contributed by atoms with Crippen LogP contribution in [0.2, 0.25) is 0 Å². The van der Waals surface area contributed by atoms with Crippen LogP contribution in [0.5, 0.6) is 0 Å². The second kappa shape index (κ2) is 7.98. The summed E-state index contributed by atoms with van der Waals surface area (Å²) in [6.07, 6.45) is -3.43. The van der Waals surface area contributed by atoms with Crippen LogP contribution < -0.4 is 10.0 Å². The molecule has 1 rings (SSSR count). The van der Waals surface area contributed by atoms with Crippen LogP contribution in [-0.4, -0.2) is 21.4 Å². The minimum absolute atomic E-state index is 0.0324. The molecule has 0 aliphatic carbocycles. The van der Waals surface area contributed by atoms with Gasteiger partial charge in [0.05, 0.1) is 5.54 Å². The maximum atomic E-state index is 14.4. The van der Waals surface area contributed by atoms with Crippen molar-refractivity contribution in [3.8, 4) is 0 Å². The van der Waals surface area contributed by atoms with Crippen LogP contribution in [0.3, 0.4) is 0 Å². The number of halogens is 4. The van der Waals surface area contributed by atoms with E-state index in [9.17, 15) is 26.9 Å². The number of carbonyl (C=O) groups is 1. The van der Waals surface area contributed by atoms with Gasteiger partial charge in [-0.1, -0.05) is 6.08 Å². The van der Waals surface area contributed by atoms with Crippen molar-refractivity contribution in [1.82, 2.24) is 4.72 Å². The molecular formula is C17H22F4N2O2S. The molecule has 2 atom stereocenters. The van der Waals surface area contributed by atoms with Crippen LogP contribution in [0.15, 0.2) is 30.9 Å². The Morgan fingerprint density at radius 2 is 1.85 bits per heavy atom. The van der Waals surface area contributed by atoms with Gasteiger partial charge in [-0.3, -0.25) is 4.79 Å². The maximum absolute atomic E-state index is 14.4. The van der Waals surface area contributed by atoms with Crippen LogP contribution in [0.1, 0.15) is 39.7 Å². The van der Waals surface area contributed by atoms with Gasteiger partial charge in [-0.05, 0) is 52.3 Å². The van der Waals surface area contributed by atoms with Gasteiger partial charge in [-0.2, -0.15) is 13.2 Å². The van der Waals surface area contributed by atoms with Crippen molar-refractivity contribution in [2.75, 3.05) is 5.32 Å². The third-order valence-electron chi connectivity index (χ3n) is 3.50. The van der Waals surface area contributed by atoms with E-state index in [1.54, 1.807) is 33.0 Å². The third-order valence-corrected chi connectivity index (χ3v) is 5.25. The molecular weight excluding hydrogens is 372 g/mol. The van der Waals surface area contributed by atoms with Crippen LogP contribution >= 0.6 is 0 Å². The molecule has 146 valence electrons. The predicted molar refractivity (Wildman–Crippen MR) is 94.3 cm³/mol. The summed E-state index contributed by atoms with van der Waals surface area (Å²) >= 11 is -1.58. The van der Waals surface area contributed by atoms with E-state index in [0.29, 0.717) is 0 Å². The van der Waals surface area contributed by atoms with Gasteiger partial charge < -0.3 is 9.87 Å².